The highest BCUT2D eigenvalue weighted by atomic mass is 15.3. The first kappa shape index (κ1) is 15.5. The van der Waals surface area contributed by atoms with Gasteiger partial charge in [-0.3, -0.25) is 0 Å². The van der Waals surface area contributed by atoms with Crippen LogP contribution in [-0.2, 0) is 0 Å². The Morgan fingerprint density at radius 1 is 1.08 bits per heavy atom. The molecular formula is C19H23N7. The lowest BCUT2D eigenvalue weighted by Gasteiger charge is -2.40. The average Bonchev–Trinajstić information content (AvgIpc) is 3.36. The van der Waals surface area contributed by atoms with Gasteiger partial charge in [-0.25, -0.2) is 4.98 Å². The number of hydrogen-bond donors (Lipinski definition) is 1. The Balaban J connectivity index is 1.20. The maximum absolute atomic E-state index is 4.53. The van der Waals surface area contributed by atoms with E-state index in [1.807, 2.05) is 24.4 Å². The number of aromatic nitrogens is 5. The molecule has 1 aliphatic heterocycles. The fraction of sp³-hybridized carbons (Fsp3) is 0.474. The van der Waals surface area contributed by atoms with Crippen molar-refractivity contribution in [3.05, 3.63) is 41.3 Å². The van der Waals surface area contributed by atoms with Gasteiger partial charge in [-0.2, -0.15) is 14.7 Å². The number of fused-ring (bicyclic) bond motifs is 1. The van der Waals surface area contributed by atoms with E-state index in [0.717, 1.165) is 54.0 Å². The number of rotatable bonds is 5. The molecule has 0 unspecified atom stereocenters. The Kier molecular flexibility index (Phi) is 3.55. The summed E-state index contributed by atoms with van der Waals surface area (Å²) < 4.78 is 1.89. The molecule has 134 valence electrons. The third-order valence-corrected chi connectivity index (χ3v) is 5.20. The fourth-order valence-corrected chi connectivity index (χ4v) is 3.58. The highest BCUT2D eigenvalue weighted by Gasteiger charge is 2.29. The normalized spacial score (nSPS) is 17.5. The molecule has 0 aromatic carbocycles. The molecular weight excluding hydrogens is 326 g/mol. The standard InChI is InChI=1S/C19H23N7/c1-12-7-18(26-19(21-12)8-13(2)24-26)20-9-14-10-25(11-14)17-6-5-16(22-23-17)15-3-4-15/h5-8,14-15,20H,3-4,9-11H2,1-2H3. The quantitative estimate of drug-likeness (QED) is 0.763. The van der Waals surface area contributed by atoms with E-state index >= 15 is 0 Å². The summed E-state index contributed by atoms with van der Waals surface area (Å²) in [5, 5.41) is 16.9. The van der Waals surface area contributed by atoms with E-state index in [9.17, 15) is 0 Å². The molecule has 0 spiro atoms. The third kappa shape index (κ3) is 2.87. The Hall–Kier alpha value is -2.70. The number of hydrogen-bond acceptors (Lipinski definition) is 6. The van der Waals surface area contributed by atoms with Gasteiger partial charge in [0.15, 0.2) is 11.5 Å². The number of anilines is 2. The second-order valence-corrected chi connectivity index (χ2v) is 7.58. The Bertz CT molecular complexity index is 936. The maximum Gasteiger partial charge on any atom is 0.157 e. The highest BCUT2D eigenvalue weighted by Crippen LogP contribution is 2.39. The zero-order valence-corrected chi connectivity index (χ0v) is 15.2. The molecule has 0 bridgehead atoms. The van der Waals surface area contributed by atoms with E-state index in [-0.39, 0.29) is 0 Å². The Morgan fingerprint density at radius 2 is 1.92 bits per heavy atom. The lowest BCUT2D eigenvalue weighted by molar-refractivity contribution is 0.424. The minimum atomic E-state index is 0.597. The van der Waals surface area contributed by atoms with Crippen LogP contribution in [0.3, 0.4) is 0 Å². The first-order valence-electron chi connectivity index (χ1n) is 9.32. The smallest absolute Gasteiger partial charge is 0.157 e. The molecule has 1 N–H and O–H groups in total. The van der Waals surface area contributed by atoms with E-state index in [2.05, 4.69) is 48.7 Å². The SMILES string of the molecule is Cc1cc(NCC2CN(c3ccc(C4CC4)nn3)C2)n2nc(C)cc2n1. The lowest BCUT2D eigenvalue weighted by atomic mass is 10.0. The van der Waals surface area contributed by atoms with Gasteiger partial charge < -0.3 is 10.2 Å². The third-order valence-electron chi connectivity index (χ3n) is 5.20. The summed E-state index contributed by atoms with van der Waals surface area (Å²) in [7, 11) is 0. The zero-order chi connectivity index (χ0) is 17.7. The van der Waals surface area contributed by atoms with Crippen molar-refractivity contribution >= 4 is 17.3 Å². The van der Waals surface area contributed by atoms with Crippen LogP contribution in [0.15, 0.2) is 24.3 Å². The number of aryl methyl sites for hydroxylation is 2. The molecule has 2 fully saturated rings. The first-order valence-corrected chi connectivity index (χ1v) is 9.32. The van der Waals surface area contributed by atoms with Crippen molar-refractivity contribution in [1.29, 1.82) is 0 Å². The Morgan fingerprint density at radius 3 is 2.65 bits per heavy atom. The summed E-state index contributed by atoms with van der Waals surface area (Å²) in [4.78, 5) is 6.82. The molecule has 1 saturated carbocycles. The van der Waals surface area contributed by atoms with E-state index in [0.29, 0.717) is 11.8 Å². The summed E-state index contributed by atoms with van der Waals surface area (Å²) in [5.41, 5.74) is 4.03. The molecule has 2 aliphatic rings. The minimum Gasteiger partial charge on any atom is -0.369 e. The van der Waals surface area contributed by atoms with Gasteiger partial charge >= 0.3 is 0 Å². The van der Waals surface area contributed by atoms with Crippen LogP contribution in [0.1, 0.15) is 35.8 Å². The topological polar surface area (TPSA) is 71.2 Å². The molecule has 1 aliphatic carbocycles. The van der Waals surface area contributed by atoms with Crippen molar-refractivity contribution in [1.82, 2.24) is 24.8 Å². The fourth-order valence-electron chi connectivity index (χ4n) is 3.58. The second-order valence-electron chi connectivity index (χ2n) is 7.58. The minimum absolute atomic E-state index is 0.597. The largest absolute Gasteiger partial charge is 0.369 e. The molecule has 3 aromatic rings. The van der Waals surface area contributed by atoms with Crippen LogP contribution in [-0.4, -0.2) is 44.4 Å². The van der Waals surface area contributed by atoms with Gasteiger partial charge in [-0.1, -0.05) is 0 Å². The summed E-state index contributed by atoms with van der Waals surface area (Å²) in [6.45, 7) is 6.95. The molecule has 1 saturated heterocycles. The van der Waals surface area contributed by atoms with Crippen molar-refractivity contribution in [2.24, 2.45) is 5.92 Å². The van der Waals surface area contributed by atoms with E-state index in [4.69, 9.17) is 0 Å². The molecule has 7 nitrogen and oxygen atoms in total. The molecule has 0 amide bonds. The van der Waals surface area contributed by atoms with Crippen molar-refractivity contribution in [3.63, 3.8) is 0 Å². The van der Waals surface area contributed by atoms with Crippen molar-refractivity contribution in [2.45, 2.75) is 32.6 Å². The van der Waals surface area contributed by atoms with Gasteiger partial charge in [-0.15, -0.1) is 5.10 Å². The zero-order valence-electron chi connectivity index (χ0n) is 15.2. The first-order chi connectivity index (χ1) is 12.7. The molecule has 4 heterocycles. The molecule has 3 aromatic heterocycles. The van der Waals surface area contributed by atoms with Crippen LogP contribution in [0.5, 0.6) is 0 Å². The number of nitrogens with one attached hydrogen (secondary N) is 1. The molecule has 26 heavy (non-hydrogen) atoms. The van der Waals surface area contributed by atoms with Crippen LogP contribution in [0.2, 0.25) is 0 Å². The van der Waals surface area contributed by atoms with Gasteiger partial charge in [0, 0.05) is 49.3 Å². The summed E-state index contributed by atoms with van der Waals surface area (Å²) >= 11 is 0. The van der Waals surface area contributed by atoms with Crippen LogP contribution >= 0.6 is 0 Å². The van der Waals surface area contributed by atoms with Crippen LogP contribution in [0.4, 0.5) is 11.6 Å². The molecule has 0 atom stereocenters. The monoisotopic (exact) mass is 349 g/mol. The van der Waals surface area contributed by atoms with Gasteiger partial charge in [0.2, 0.25) is 0 Å². The maximum atomic E-state index is 4.53. The van der Waals surface area contributed by atoms with E-state index in [1.165, 1.54) is 12.8 Å². The summed E-state index contributed by atoms with van der Waals surface area (Å²) in [6.07, 6.45) is 2.53. The average molecular weight is 349 g/mol. The van der Waals surface area contributed by atoms with Gasteiger partial charge in [0.25, 0.3) is 0 Å². The van der Waals surface area contributed by atoms with E-state index < -0.39 is 0 Å². The highest BCUT2D eigenvalue weighted by molar-refractivity contribution is 5.50. The van der Waals surface area contributed by atoms with Crippen LogP contribution < -0.4 is 10.2 Å². The molecule has 5 rings (SSSR count). The van der Waals surface area contributed by atoms with Gasteiger partial charge in [-0.05, 0) is 38.8 Å². The predicted molar refractivity (Wildman–Crippen MR) is 101 cm³/mol. The number of nitrogens with zero attached hydrogens (tertiary/aromatic N) is 6. The van der Waals surface area contributed by atoms with Gasteiger partial charge in [0.05, 0.1) is 11.4 Å². The summed E-state index contributed by atoms with van der Waals surface area (Å²) in [5.74, 6) is 3.26. The van der Waals surface area contributed by atoms with Crippen molar-refractivity contribution in [3.8, 4) is 0 Å². The Labute approximate surface area is 152 Å². The van der Waals surface area contributed by atoms with Crippen molar-refractivity contribution < 1.29 is 0 Å². The summed E-state index contributed by atoms with van der Waals surface area (Å²) in [6, 6.07) is 8.32. The van der Waals surface area contributed by atoms with E-state index in [1.54, 1.807) is 0 Å². The molecule has 0 radical (unpaired) electrons. The van der Waals surface area contributed by atoms with Crippen LogP contribution in [0, 0.1) is 19.8 Å². The van der Waals surface area contributed by atoms with Gasteiger partial charge in [0.1, 0.15) is 5.82 Å². The van der Waals surface area contributed by atoms with Crippen molar-refractivity contribution in [2.75, 3.05) is 29.9 Å². The lowest BCUT2D eigenvalue weighted by Crippen LogP contribution is -2.50. The van der Waals surface area contributed by atoms with Crippen LogP contribution in [0.25, 0.3) is 5.65 Å². The predicted octanol–water partition coefficient (Wildman–Crippen LogP) is 2.56. The second kappa shape index (κ2) is 5.93. The molecule has 7 heteroatoms.